The fraction of sp³-hybridized carbons (Fsp3) is 0.200. The molecular weight excluding hydrogens is 186 g/mol. The Labute approximate surface area is 81.4 Å². The van der Waals surface area contributed by atoms with E-state index in [9.17, 15) is 8.78 Å². The molecule has 14 heavy (non-hydrogen) atoms. The molecule has 0 fully saturated rings. The molecule has 1 unspecified atom stereocenters. The Morgan fingerprint density at radius 1 is 1.43 bits per heavy atom. The van der Waals surface area contributed by atoms with Gasteiger partial charge in [0.25, 0.3) is 0 Å². The van der Waals surface area contributed by atoms with E-state index in [1.807, 2.05) is 0 Å². The Bertz CT molecular complexity index is 306. The summed E-state index contributed by atoms with van der Waals surface area (Å²) in [4.78, 5) is 0. The van der Waals surface area contributed by atoms with Gasteiger partial charge in [-0.1, -0.05) is 12.1 Å². The van der Waals surface area contributed by atoms with E-state index in [4.69, 9.17) is 5.84 Å². The zero-order valence-corrected chi connectivity index (χ0v) is 7.63. The molecule has 0 saturated heterocycles. The third-order valence-electron chi connectivity index (χ3n) is 1.95. The summed E-state index contributed by atoms with van der Waals surface area (Å²) in [5.41, 5.74) is 2.30. The maximum absolute atomic E-state index is 13.2. The Hall–Kier alpha value is -1.26. The van der Waals surface area contributed by atoms with Crippen molar-refractivity contribution < 1.29 is 8.78 Å². The van der Waals surface area contributed by atoms with E-state index >= 15 is 0 Å². The van der Waals surface area contributed by atoms with Gasteiger partial charge in [-0.3, -0.25) is 11.3 Å². The lowest BCUT2D eigenvalue weighted by molar-refractivity contribution is 0.477. The normalized spacial score (nSPS) is 12.5. The second kappa shape index (κ2) is 4.83. The van der Waals surface area contributed by atoms with Gasteiger partial charge in [-0.25, -0.2) is 8.78 Å². The molecule has 0 aliphatic heterocycles. The number of hydrazine groups is 1. The van der Waals surface area contributed by atoms with Crippen LogP contribution in [0.4, 0.5) is 8.78 Å². The van der Waals surface area contributed by atoms with Crippen molar-refractivity contribution in [2.75, 3.05) is 0 Å². The molecule has 0 heterocycles. The first-order valence-corrected chi connectivity index (χ1v) is 4.21. The fourth-order valence-electron chi connectivity index (χ4n) is 1.28. The third kappa shape index (κ3) is 2.16. The van der Waals surface area contributed by atoms with Crippen LogP contribution in [-0.4, -0.2) is 0 Å². The van der Waals surface area contributed by atoms with E-state index in [1.165, 1.54) is 18.2 Å². The first-order chi connectivity index (χ1) is 6.70. The summed E-state index contributed by atoms with van der Waals surface area (Å²) in [6.45, 7) is 3.49. The number of nitrogens with two attached hydrogens (primary N) is 1. The molecule has 1 rings (SSSR count). The quantitative estimate of drug-likeness (QED) is 0.441. The number of nitrogens with one attached hydrogen (secondary N) is 1. The second-order valence-corrected chi connectivity index (χ2v) is 2.88. The summed E-state index contributed by atoms with van der Waals surface area (Å²) in [6, 6.07) is 3.14. The van der Waals surface area contributed by atoms with Gasteiger partial charge in [0, 0.05) is 5.56 Å². The number of benzene rings is 1. The van der Waals surface area contributed by atoms with Crippen LogP contribution >= 0.6 is 0 Å². The predicted molar refractivity (Wildman–Crippen MR) is 51.2 cm³/mol. The van der Waals surface area contributed by atoms with Crippen molar-refractivity contribution in [3.05, 3.63) is 48.1 Å². The maximum Gasteiger partial charge on any atom is 0.130 e. The summed E-state index contributed by atoms with van der Waals surface area (Å²) in [5, 5.41) is 0. The predicted octanol–water partition coefficient (Wildman–Crippen LogP) is 2.05. The molecule has 0 aliphatic carbocycles. The average Bonchev–Trinajstić information content (AvgIpc) is 2.16. The SMILES string of the molecule is C=CCC(NN)c1c(F)cccc1F. The van der Waals surface area contributed by atoms with Crippen LogP contribution in [0.5, 0.6) is 0 Å². The van der Waals surface area contributed by atoms with Crippen LogP contribution in [0.15, 0.2) is 30.9 Å². The Kier molecular flexibility index (Phi) is 3.73. The van der Waals surface area contributed by atoms with Crippen molar-refractivity contribution in [3.8, 4) is 0 Å². The van der Waals surface area contributed by atoms with Gasteiger partial charge in [-0.2, -0.15) is 0 Å². The van der Waals surface area contributed by atoms with Crippen molar-refractivity contribution in [2.24, 2.45) is 5.84 Å². The van der Waals surface area contributed by atoms with Gasteiger partial charge >= 0.3 is 0 Å². The second-order valence-electron chi connectivity index (χ2n) is 2.88. The highest BCUT2D eigenvalue weighted by atomic mass is 19.1. The largest absolute Gasteiger partial charge is 0.271 e. The van der Waals surface area contributed by atoms with Crippen LogP contribution in [0.1, 0.15) is 18.0 Å². The van der Waals surface area contributed by atoms with E-state index in [1.54, 1.807) is 6.08 Å². The molecule has 0 bridgehead atoms. The minimum absolute atomic E-state index is 0.0464. The molecule has 0 spiro atoms. The molecule has 1 aromatic rings. The average molecular weight is 198 g/mol. The standard InChI is InChI=1S/C10H12F2N2/c1-2-4-9(14-13)10-7(11)5-3-6-8(10)12/h2-3,5-6,9,14H,1,4,13H2. The van der Waals surface area contributed by atoms with E-state index < -0.39 is 17.7 Å². The highest BCUT2D eigenvalue weighted by Gasteiger charge is 2.17. The molecule has 2 nitrogen and oxygen atoms in total. The highest BCUT2D eigenvalue weighted by molar-refractivity contribution is 5.23. The fourth-order valence-corrected chi connectivity index (χ4v) is 1.28. The molecule has 0 radical (unpaired) electrons. The number of rotatable bonds is 4. The molecule has 1 atom stereocenters. The molecule has 76 valence electrons. The smallest absolute Gasteiger partial charge is 0.130 e. The first-order valence-electron chi connectivity index (χ1n) is 4.21. The molecular formula is C10H12F2N2. The molecule has 0 saturated carbocycles. The van der Waals surface area contributed by atoms with Crippen molar-refractivity contribution in [2.45, 2.75) is 12.5 Å². The van der Waals surface area contributed by atoms with Gasteiger partial charge in [0.2, 0.25) is 0 Å². The van der Waals surface area contributed by atoms with Crippen LogP contribution in [0.25, 0.3) is 0 Å². The number of hydrogen-bond acceptors (Lipinski definition) is 2. The van der Waals surface area contributed by atoms with Crippen molar-refractivity contribution in [3.63, 3.8) is 0 Å². The third-order valence-corrected chi connectivity index (χ3v) is 1.95. The lowest BCUT2D eigenvalue weighted by Crippen LogP contribution is -2.29. The molecule has 0 aliphatic rings. The summed E-state index contributed by atoms with van der Waals surface area (Å²) in [5.74, 6) is 3.99. The lowest BCUT2D eigenvalue weighted by Gasteiger charge is -2.15. The van der Waals surface area contributed by atoms with Crippen molar-refractivity contribution in [1.29, 1.82) is 0 Å². The number of halogens is 2. The Morgan fingerprint density at radius 2 is 2.00 bits per heavy atom. The van der Waals surface area contributed by atoms with Crippen LogP contribution < -0.4 is 11.3 Å². The Morgan fingerprint density at radius 3 is 2.43 bits per heavy atom. The summed E-state index contributed by atoms with van der Waals surface area (Å²) >= 11 is 0. The van der Waals surface area contributed by atoms with E-state index in [-0.39, 0.29) is 5.56 Å². The summed E-state index contributed by atoms with van der Waals surface area (Å²) in [7, 11) is 0. The van der Waals surface area contributed by atoms with Crippen LogP contribution in [-0.2, 0) is 0 Å². The van der Waals surface area contributed by atoms with E-state index in [0.29, 0.717) is 6.42 Å². The zero-order chi connectivity index (χ0) is 10.6. The molecule has 0 amide bonds. The summed E-state index contributed by atoms with van der Waals surface area (Å²) < 4.78 is 26.5. The van der Waals surface area contributed by atoms with Crippen molar-refractivity contribution >= 4 is 0 Å². The van der Waals surface area contributed by atoms with Crippen LogP contribution in [0.2, 0.25) is 0 Å². The van der Waals surface area contributed by atoms with Gasteiger partial charge in [-0.05, 0) is 18.6 Å². The molecule has 1 aromatic carbocycles. The molecule has 3 N–H and O–H groups in total. The lowest BCUT2D eigenvalue weighted by atomic mass is 10.0. The maximum atomic E-state index is 13.2. The van der Waals surface area contributed by atoms with Gasteiger partial charge in [-0.15, -0.1) is 6.58 Å². The molecule has 4 heteroatoms. The highest BCUT2D eigenvalue weighted by Crippen LogP contribution is 2.22. The topological polar surface area (TPSA) is 38.0 Å². The Balaban J connectivity index is 3.07. The minimum atomic E-state index is -0.602. The molecule has 0 aromatic heterocycles. The van der Waals surface area contributed by atoms with Crippen LogP contribution in [0.3, 0.4) is 0 Å². The number of hydrogen-bond donors (Lipinski definition) is 2. The first kappa shape index (κ1) is 10.8. The van der Waals surface area contributed by atoms with E-state index in [0.717, 1.165) is 0 Å². The van der Waals surface area contributed by atoms with E-state index in [2.05, 4.69) is 12.0 Å². The van der Waals surface area contributed by atoms with Gasteiger partial charge in [0.15, 0.2) is 0 Å². The summed E-state index contributed by atoms with van der Waals surface area (Å²) in [6.07, 6.45) is 1.92. The zero-order valence-electron chi connectivity index (χ0n) is 7.63. The van der Waals surface area contributed by atoms with Gasteiger partial charge in [0.05, 0.1) is 6.04 Å². The minimum Gasteiger partial charge on any atom is -0.271 e. The van der Waals surface area contributed by atoms with Crippen LogP contribution in [0, 0.1) is 11.6 Å². The van der Waals surface area contributed by atoms with Crippen molar-refractivity contribution in [1.82, 2.24) is 5.43 Å². The van der Waals surface area contributed by atoms with Gasteiger partial charge in [0.1, 0.15) is 11.6 Å². The monoisotopic (exact) mass is 198 g/mol. The van der Waals surface area contributed by atoms with Gasteiger partial charge < -0.3 is 0 Å².